The minimum atomic E-state index is -0.566. The summed E-state index contributed by atoms with van der Waals surface area (Å²) in [4.78, 5) is 1.01. The van der Waals surface area contributed by atoms with E-state index in [2.05, 4.69) is 0 Å². The predicted octanol–water partition coefficient (Wildman–Crippen LogP) is 2.71. The maximum Gasteiger partial charge on any atom is 0.0763 e. The fraction of sp³-hybridized carbons (Fsp3) is 0.300. The van der Waals surface area contributed by atoms with Gasteiger partial charge in [0.2, 0.25) is 0 Å². The van der Waals surface area contributed by atoms with E-state index in [1.54, 1.807) is 6.07 Å². The maximum atomic E-state index is 9.30. The standard InChI is InChI=1S/C10H10ClNOS/c11-8-2-1-3-10(6-8)14-7-9(13)4-5-12/h1-3,6,9,13H,4,7H2. The summed E-state index contributed by atoms with van der Waals surface area (Å²) in [6.07, 6.45) is -0.392. The number of hydrogen-bond acceptors (Lipinski definition) is 3. The highest BCUT2D eigenvalue weighted by molar-refractivity contribution is 7.99. The molecule has 0 heterocycles. The van der Waals surface area contributed by atoms with Gasteiger partial charge in [0.15, 0.2) is 0 Å². The molecule has 0 aliphatic rings. The Kier molecular flexibility index (Phi) is 4.81. The van der Waals surface area contributed by atoms with Crippen LogP contribution in [0.5, 0.6) is 0 Å². The second-order valence-corrected chi connectivity index (χ2v) is 4.31. The molecule has 1 N–H and O–H groups in total. The lowest BCUT2D eigenvalue weighted by molar-refractivity contribution is 0.205. The summed E-state index contributed by atoms with van der Waals surface area (Å²) in [6.45, 7) is 0. The lowest BCUT2D eigenvalue weighted by Crippen LogP contribution is -2.07. The van der Waals surface area contributed by atoms with Crippen molar-refractivity contribution in [2.75, 3.05) is 5.75 Å². The van der Waals surface area contributed by atoms with Crippen molar-refractivity contribution in [1.29, 1.82) is 5.26 Å². The van der Waals surface area contributed by atoms with Gasteiger partial charge in [-0.25, -0.2) is 0 Å². The highest BCUT2D eigenvalue weighted by Crippen LogP contribution is 2.22. The van der Waals surface area contributed by atoms with Gasteiger partial charge in [-0.3, -0.25) is 0 Å². The fourth-order valence-corrected chi connectivity index (χ4v) is 2.06. The van der Waals surface area contributed by atoms with Gasteiger partial charge in [-0.05, 0) is 18.2 Å². The molecule has 0 spiro atoms. The molecule has 0 aliphatic carbocycles. The molecular formula is C10H10ClNOS. The number of hydrogen-bond donors (Lipinski definition) is 1. The Morgan fingerprint density at radius 2 is 2.36 bits per heavy atom. The van der Waals surface area contributed by atoms with Crippen molar-refractivity contribution in [1.82, 2.24) is 0 Å². The van der Waals surface area contributed by atoms with E-state index < -0.39 is 6.10 Å². The third-order valence-corrected chi connectivity index (χ3v) is 2.94. The molecule has 0 saturated carbocycles. The average Bonchev–Trinajstić information content (AvgIpc) is 2.15. The smallest absolute Gasteiger partial charge is 0.0763 e. The van der Waals surface area contributed by atoms with Crippen molar-refractivity contribution in [2.45, 2.75) is 17.4 Å². The highest BCUT2D eigenvalue weighted by atomic mass is 35.5. The first-order chi connectivity index (χ1) is 6.72. The van der Waals surface area contributed by atoms with Crippen molar-refractivity contribution in [2.24, 2.45) is 0 Å². The minimum Gasteiger partial charge on any atom is -0.391 e. The highest BCUT2D eigenvalue weighted by Gasteiger charge is 2.04. The lowest BCUT2D eigenvalue weighted by atomic mass is 10.3. The molecule has 0 aliphatic heterocycles. The Labute approximate surface area is 92.5 Å². The molecule has 1 unspecified atom stereocenters. The number of benzene rings is 1. The molecule has 2 nitrogen and oxygen atoms in total. The number of rotatable bonds is 4. The Morgan fingerprint density at radius 3 is 3.00 bits per heavy atom. The van der Waals surface area contributed by atoms with Gasteiger partial charge in [0.25, 0.3) is 0 Å². The second kappa shape index (κ2) is 5.92. The molecular weight excluding hydrogens is 218 g/mol. The van der Waals surface area contributed by atoms with E-state index in [-0.39, 0.29) is 6.42 Å². The van der Waals surface area contributed by atoms with Crippen LogP contribution in [0.2, 0.25) is 5.02 Å². The van der Waals surface area contributed by atoms with Crippen LogP contribution in [-0.2, 0) is 0 Å². The van der Waals surface area contributed by atoms with Gasteiger partial charge < -0.3 is 5.11 Å². The second-order valence-electron chi connectivity index (χ2n) is 2.78. The van der Waals surface area contributed by atoms with Gasteiger partial charge in [0, 0.05) is 15.7 Å². The van der Waals surface area contributed by atoms with E-state index >= 15 is 0 Å². The number of thioether (sulfide) groups is 1. The van der Waals surface area contributed by atoms with Gasteiger partial charge in [0.1, 0.15) is 0 Å². The van der Waals surface area contributed by atoms with Crippen LogP contribution in [0.25, 0.3) is 0 Å². The van der Waals surface area contributed by atoms with E-state index in [1.165, 1.54) is 11.8 Å². The van der Waals surface area contributed by atoms with E-state index in [4.69, 9.17) is 16.9 Å². The van der Waals surface area contributed by atoms with Crippen molar-refractivity contribution < 1.29 is 5.11 Å². The summed E-state index contributed by atoms with van der Waals surface area (Å²) in [7, 11) is 0. The van der Waals surface area contributed by atoms with E-state index in [9.17, 15) is 5.11 Å². The Balaban J connectivity index is 2.42. The number of aliphatic hydroxyl groups excluding tert-OH is 1. The Hall–Kier alpha value is -0.690. The monoisotopic (exact) mass is 227 g/mol. The number of aliphatic hydroxyl groups is 1. The molecule has 0 bridgehead atoms. The molecule has 0 fully saturated rings. The van der Waals surface area contributed by atoms with Gasteiger partial charge in [-0.2, -0.15) is 5.26 Å². The molecule has 74 valence electrons. The Morgan fingerprint density at radius 1 is 1.57 bits per heavy atom. The van der Waals surface area contributed by atoms with Crippen LogP contribution in [0.15, 0.2) is 29.2 Å². The molecule has 0 amide bonds. The predicted molar refractivity (Wildman–Crippen MR) is 58.4 cm³/mol. The summed E-state index contributed by atoms with van der Waals surface area (Å²) < 4.78 is 0. The molecule has 0 aromatic heterocycles. The number of nitrogens with zero attached hydrogens (tertiary/aromatic N) is 1. The fourth-order valence-electron chi connectivity index (χ4n) is 0.914. The van der Waals surface area contributed by atoms with Gasteiger partial charge >= 0.3 is 0 Å². The zero-order chi connectivity index (χ0) is 10.4. The summed E-state index contributed by atoms with van der Waals surface area (Å²) in [5, 5.41) is 18.3. The molecule has 1 aromatic rings. The zero-order valence-electron chi connectivity index (χ0n) is 7.48. The molecule has 0 saturated heterocycles. The summed E-state index contributed by atoms with van der Waals surface area (Å²) in [6, 6.07) is 9.36. The molecule has 1 atom stereocenters. The van der Waals surface area contributed by atoms with Crippen molar-refractivity contribution in [3.05, 3.63) is 29.3 Å². The van der Waals surface area contributed by atoms with E-state index in [1.807, 2.05) is 24.3 Å². The third kappa shape index (κ3) is 4.01. The third-order valence-electron chi connectivity index (χ3n) is 1.57. The zero-order valence-corrected chi connectivity index (χ0v) is 9.05. The van der Waals surface area contributed by atoms with Gasteiger partial charge in [-0.15, -0.1) is 11.8 Å². The van der Waals surface area contributed by atoms with Gasteiger partial charge in [-0.1, -0.05) is 17.7 Å². The molecule has 1 rings (SSSR count). The Bertz CT molecular complexity index is 337. The summed E-state index contributed by atoms with van der Waals surface area (Å²) in [5.74, 6) is 0.522. The quantitative estimate of drug-likeness (QED) is 0.805. The van der Waals surface area contributed by atoms with Crippen LogP contribution < -0.4 is 0 Å². The molecule has 1 aromatic carbocycles. The van der Waals surface area contributed by atoms with Gasteiger partial charge in [0.05, 0.1) is 18.6 Å². The minimum absolute atomic E-state index is 0.174. The summed E-state index contributed by atoms with van der Waals surface area (Å²) in [5.41, 5.74) is 0. The first kappa shape index (κ1) is 11.4. The van der Waals surface area contributed by atoms with E-state index in [0.29, 0.717) is 10.8 Å². The molecule has 14 heavy (non-hydrogen) atoms. The van der Waals surface area contributed by atoms with Crippen LogP contribution in [0.4, 0.5) is 0 Å². The molecule has 0 radical (unpaired) electrons. The number of halogens is 1. The first-order valence-corrected chi connectivity index (χ1v) is 5.52. The first-order valence-electron chi connectivity index (χ1n) is 4.16. The van der Waals surface area contributed by atoms with Crippen LogP contribution in [0, 0.1) is 11.3 Å². The topological polar surface area (TPSA) is 44.0 Å². The van der Waals surface area contributed by atoms with E-state index in [0.717, 1.165) is 4.90 Å². The van der Waals surface area contributed by atoms with Crippen LogP contribution >= 0.6 is 23.4 Å². The van der Waals surface area contributed by atoms with Crippen LogP contribution in [0.1, 0.15) is 6.42 Å². The van der Waals surface area contributed by atoms with Crippen LogP contribution in [0.3, 0.4) is 0 Å². The maximum absolute atomic E-state index is 9.30. The summed E-state index contributed by atoms with van der Waals surface area (Å²) >= 11 is 7.29. The van der Waals surface area contributed by atoms with Crippen molar-refractivity contribution in [3.8, 4) is 6.07 Å². The average molecular weight is 228 g/mol. The van der Waals surface area contributed by atoms with Crippen LogP contribution in [-0.4, -0.2) is 17.0 Å². The SMILES string of the molecule is N#CCC(O)CSc1cccc(Cl)c1. The van der Waals surface area contributed by atoms with Crippen molar-refractivity contribution >= 4 is 23.4 Å². The lowest BCUT2D eigenvalue weighted by Gasteiger charge is -2.05. The number of nitriles is 1. The normalized spacial score (nSPS) is 12.1. The molecule has 4 heteroatoms. The van der Waals surface area contributed by atoms with Crippen molar-refractivity contribution in [3.63, 3.8) is 0 Å². The largest absolute Gasteiger partial charge is 0.391 e.